The SMILES string of the molecule is c1ncc2c(n1)CCCC2c1nc2c(s1)CCCC2. The highest BCUT2D eigenvalue weighted by atomic mass is 32.1. The van der Waals surface area contributed by atoms with Crippen molar-refractivity contribution >= 4 is 11.3 Å². The van der Waals surface area contributed by atoms with Crippen LogP contribution in [0.5, 0.6) is 0 Å². The van der Waals surface area contributed by atoms with Crippen molar-refractivity contribution in [1.29, 1.82) is 0 Å². The summed E-state index contributed by atoms with van der Waals surface area (Å²) in [6.45, 7) is 0. The van der Waals surface area contributed by atoms with Crippen molar-refractivity contribution in [3.63, 3.8) is 0 Å². The van der Waals surface area contributed by atoms with Crippen LogP contribution < -0.4 is 0 Å². The van der Waals surface area contributed by atoms with Crippen LogP contribution in [0.3, 0.4) is 0 Å². The van der Waals surface area contributed by atoms with Gasteiger partial charge in [-0.25, -0.2) is 15.0 Å². The first-order chi connectivity index (χ1) is 9.42. The maximum absolute atomic E-state index is 4.94. The summed E-state index contributed by atoms with van der Waals surface area (Å²) >= 11 is 1.94. The monoisotopic (exact) mass is 271 g/mol. The molecule has 0 saturated heterocycles. The molecule has 2 aliphatic rings. The molecular formula is C15H17N3S. The summed E-state index contributed by atoms with van der Waals surface area (Å²) in [4.78, 5) is 15.1. The van der Waals surface area contributed by atoms with Crippen molar-refractivity contribution in [3.8, 4) is 0 Å². The Morgan fingerprint density at radius 3 is 2.89 bits per heavy atom. The molecule has 2 heterocycles. The number of nitrogens with zero attached hydrogens (tertiary/aromatic N) is 3. The van der Waals surface area contributed by atoms with Crippen molar-refractivity contribution in [1.82, 2.24) is 15.0 Å². The summed E-state index contributed by atoms with van der Waals surface area (Å²) in [7, 11) is 0. The van der Waals surface area contributed by atoms with Gasteiger partial charge in [0.25, 0.3) is 0 Å². The van der Waals surface area contributed by atoms with Crippen LogP contribution in [-0.2, 0) is 19.3 Å². The number of thiazole rings is 1. The van der Waals surface area contributed by atoms with Gasteiger partial charge in [-0.2, -0.15) is 0 Å². The summed E-state index contributed by atoms with van der Waals surface area (Å²) in [5, 5.41) is 1.31. The second-order valence-electron chi connectivity index (χ2n) is 5.50. The predicted octanol–water partition coefficient (Wildman–Crippen LogP) is 3.28. The third kappa shape index (κ3) is 1.98. The zero-order valence-corrected chi connectivity index (χ0v) is 11.7. The van der Waals surface area contributed by atoms with Crippen LogP contribution in [0.25, 0.3) is 0 Å². The van der Waals surface area contributed by atoms with E-state index in [1.165, 1.54) is 65.4 Å². The van der Waals surface area contributed by atoms with E-state index in [9.17, 15) is 0 Å². The van der Waals surface area contributed by atoms with Gasteiger partial charge in [-0.3, -0.25) is 0 Å². The maximum atomic E-state index is 4.94. The van der Waals surface area contributed by atoms with Crippen molar-refractivity contribution in [2.75, 3.05) is 0 Å². The van der Waals surface area contributed by atoms with Gasteiger partial charge in [0.05, 0.1) is 5.69 Å². The molecule has 0 bridgehead atoms. The minimum Gasteiger partial charge on any atom is -0.245 e. The van der Waals surface area contributed by atoms with Gasteiger partial charge in [0, 0.05) is 28.2 Å². The number of aromatic nitrogens is 3. The average molecular weight is 271 g/mol. The summed E-state index contributed by atoms with van der Waals surface area (Å²) in [6, 6.07) is 0. The Hall–Kier alpha value is -1.29. The molecule has 19 heavy (non-hydrogen) atoms. The first-order valence-electron chi connectivity index (χ1n) is 7.19. The largest absolute Gasteiger partial charge is 0.245 e. The Kier molecular flexibility index (Phi) is 2.84. The second kappa shape index (κ2) is 4.67. The van der Waals surface area contributed by atoms with Gasteiger partial charge in [-0.05, 0) is 44.9 Å². The summed E-state index contributed by atoms with van der Waals surface area (Å²) in [5.41, 5.74) is 3.93. The van der Waals surface area contributed by atoms with E-state index in [1.54, 1.807) is 6.33 Å². The molecule has 0 amide bonds. The third-order valence-corrected chi connectivity index (χ3v) is 5.54. The standard InChI is InChI=1S/C15H17N3S/c1-2-7-14-13(5-1)18-15(19-14)10-4-3-6-12-11(10)8-16-9-17-12/h8-10H,1-7H2. The van der Waals surface area contributed by atoms with Crippen LogP contribution in [0.15, 0.2) is 12.5 Å². The number of hydrogen-bond acceptors (Lipinski definition) is 4. The summed E-state index contributed by atoms with van der Waals surface area (Å²) in [6.07, 6.45) is 12.2. The highest BCUT2D eigenvalue weighted by molar-refractivity contribution is 7.11. The molecule has 0 spiro atoms. The topological polar surface area (TPSA) is 38.7 Å². The Bertz CT molecular complexity index is 582. The fourth-order valence-corrected chi connectivity index (χ4v) is 4.58. The quantitative estimate of drug-likeness (QED) is 0.799. The molecule has 0 aromatic carbocycles. The van der Waals surface area contributed by atoms with Crippen molar-refractivity contribution < 1.29 is 0 Å². The molecule has 3 nitrogen and oxygen atoms in total. The van der Waals surface area contributed by atoms with Gasteiger partial charge in [0.2, 0.25) is 0 Å². The molecule has 1 unspecified atom stereocenters. The van der Waals surface area contributed by atoms with E-state index in [0.717, 1.165) is 6.42 Å². The van der Waals surface area contributed by atoms with Crippen molar-refractivity contribution in [2.24, 2.45) is 0 Å². The molecular weight excluding hydrogens is 254 g/mol. The molecule has 2 aliphatic carbocycles. The lowest BCUT2D eigenvalue weighted by Gasteiger charge is -2.22. The number of rotatable bonds is 1. The first kappa shape index (κ1) is 11.5. The summed E-state index contributed by atoms with van der Waals surface area (Å²) < 4.78 is 0. The molecule has 0 radical (unpaired) electrons. The van der Waals surface area contributed by atoms with Crippen LogP contribution in [-0.4, -0.2) is 15.0 Å². The van der Waals surface area contributed by atoms with Crippen molar-refractivity contribution in [3.05, 3.63) is 39.4 Å². The van der Waals surface area contributed by atoms with Gasteiger partial charge in [-0.15, -0.1) is 11.3 Å². The number of aryl methyl sites for hydroxylation is 3. The number of fused-ring (bicyclic) bond motifs is 2. The average Bonchev–Trinajstić information content (AvgIpc) is 2.90. The maximum Gasteiger partial charge on any atom is 0.115 e. The highest BCUT2D eigenvalue weighted by Gasteiger charge is 2.27. The van der Waals surface area contributed by atoms with Crippen LogP contribution >= 0.6 is 11.3 Å². The van der Waals surface area contributed by atoms with E-state index in [4.69, 9.17) is 4.98 Å². The van der Waals surface area contributed by atoms with E-state index in [1.807, 2.05) is 17.5 Å². The molecule has 0 N–H and O–H groups in total. The number of hydrogen-bond donors (Lipinski definition) is 0. The molecule has 2 aromatic heterocycles. The van der Waals surface area contributed by atoms with Gasteiger partial charge < -0.3 is 0 Å². The van der Waals surface area contributed by atoms with Gasteiger partial charge >= 0.3 is 0 Å². The minimum atomic E-state index is 0.445. The second-order valence-corrected chi connectivity index (χ2v) is 6.61. The fourth-order valence-electron chi connectivity index (χ4n) is 3.27. The Morgan fingerprint density at radius 2 is 1.95 bits per heavy atom. The molecule has 2 aromatic rings. The Morgan fingerprint density at radius 1 is 1.05 bits per heavy atom. The minimum absolute atomic E-state index is 0.445. The molecule has 1 atom stereocenters. The highest BCUT2D eigenvalue weighted by Crippen LogP contribution is 2.39. The molecule has 4 rings (SSSR count). The van der Waals surface area contributed by atoms with Crippen molar-refractivity contribution in [2.45, 2.75) is 50.9 Å². The van der Waals surface area contributed by atoms with E-state index < -0.39 is 0 Å². The normalized spacial score (nSPS) is 21.8. The molecule has 0 aliphatic heterocycles. The zero-order chi connectivity index (χ0) is 12.7. The fraction of sp³-hybridized carbons (Fsp3) is 0.533. The molecule has 0 fully saturated rings. The van der Waals surface area contributed by atoms with Crippen LogP contribution in [0.4, 0.5) is 0 Å². The van der Waals surface area contributed by atoms with E-state index >= 15 is 0 Å². The van der Waals surface area contributed by atoms with Gasteiger partial charge in [-0.1, -0.05) is 0 Å². The molecule has 0 saturated carbocycles. The summed E-state index contributed by atoms with van der Waals surface area (Å²) in [5.74, 6) is 0.445. The van der Waals surface area contributed by atoms with Crippen LogP contribution in [0.2, 0.25) is 0 Å². The first-order valence-corrected chi connectivity index (χ1v) is 8.01. The van der Waals surface area contributed by atoms with Gasteiger partial charge in [0.15, 0.2) is 0 Å². The van der Waals surface area contributed by atoms with E-state index in [-0.39, 0.29) is 0 Å². The lowest BCUT2D eigenvalue weighted by atomic mass is 9.87. The molecule has 98 valence electrons. The predicted molar refractivity (Wildman–Crippen MR) is 75.6 cm³/mol. The lowest BCUT2D eigenvalue weighted by Crippen LogP contribution is -2.13. The van der Waals surface area contributed by atoms with E-state index in [0.29, 0.717) is 5.92 Å². The zero-order valence-electron chi connectivity index (χ0n) is 10.9. The Labute approximate surface area is 117 Å². The lowest BCUT2D eigenvalue weighted by molar-refractivity contribution is 0.593. The van der Waals surface area contributed by atoms with Crippen LogP contribution in [0.1, 0.15) is 58.4 Å². The van der Waals surface area contributed by atoms with Gasteiger partial charge in [0.1, 0.15) is 11.3 Å². The molecule has 4 heteroatoms. The smallest absolute Gasteiger partial charge is 0.115 e. The third-order valence-electron chi connectivity index (χ3n) is 4.27. The Balaban J connectivity index is 1.75. The van der Waals surface area contributed by atoms with Crippen LogP contribution in [0, 0.1) is 0 Å². The van der Waals surface area contributed by atoms with E-state index in [2.05, 4.69) is 9.97 Å².